The van der Waals surface area contributed by atoms with Crippen molar-refractivity contribution in [1.29, 1.82) is 0 Å². The van der Waals surface area contributed by atoms with Crippen LogP contribution in [0.1, 0.15) is 31.1 Å². The number of amides is 2. The number of carbonyl (C=O) groups is 2. The van der Waals surface area contributed by atoms with Gasteiger partial charge in [-0.05, 0) is 31.7 Å². The first-order valence-corrected chi connectivity index (χ1v) is 7.79. The van der Waals surface area contributed by atoms with Gasteiger partial charge in [-0.25, -0.2) is 0 Å². The summed E-state index contributed by atoms with van der Waals surface area (Å²) in [5, 5.41) is 2.81. The van der Waals surface area contributed by atoms with Gasteiger partial charge in [-0.3, -0.25) is 9.59 Å². The van der Waals surface area contributed by atoms with Crippen molar-refractivity contribution in [2.45, 2.75) is 31.2 Å². The molecule has 1 aliphatic heterocycles. The van der Waals surface area contributed by atoms with Crippen molar-refractivity contribution in [1.82, 2.24) is 10.2 Å². The zero-order valence-corrected chi connectivity index (χ0v) is 12.9. The normalized spacial score (nSPS) is 17.8. The van der Waals surface area contributed by atoms with E-state index in [1.807, 2.05) is 24.3 Å². The molecule has 0 aliphatic carbocycles. The second-order valence-corrected chi connectivity index (χ2v) is 6.51. The van der Waals surface area contributed by atoms with E-state index in [9.17, 15) is 9.59 Å². The van der Waals surface area contributed by atoms with E-state index in [0.717, 1.165) is 10.6 Å². The van der Waals surface area contributed by atoms with Gasteiger partial charge in [0.2, 0.25) is 5.91 Å². The Morgan fingerprint density at radius 1 is 1.40 bits per heavy atom. The molecular formula is C15H20N2O2S. The first kappa shape index (κ1) is 14.9. The largest absolute Gasteiger partial charge is 0.352 e. The molecule has 1 heterocycles. The second kappa shape index (κ2) is 5.87. The standard InChI is InChI=1S/C15H20N2O2S/c1-4-20-12-8-6-5-7-11(12)13(18)17-10-9-16-14(19)15(17,2)3/h5-8H,4,9-10H2,1-3H3,(H,16,19). The van der Waals surface area contributed by atoms with Gasteiger partial charge in [-0.2, -0.15) is 0 Å². The second-order valence-electron chi connectivity index (χ2n) is 5.20. The molecule has 0 unspecified atom stereocenters. The molecule has 1 aliphatic rings. The molecule has 1 aromatic rings. The molecule has 2 rings (SSSR count). The van der Waals surface area contributed by atoms with Crippen molar-refractivity contribution in [3.05, 3.63) is 29.8 Å². The smallest absolute Gasteiger partial charge is 0.255 e. The quantitative estimate of drug-likeness (QED) is 0.869. The molecule has 5 heteroatoms. The number of hydrogen-bond acceptors (Lipinski definition) is 3. The van der Waals surface area contributed by atoms with Gasteiger partial charge in [-0.1, -0.05) is 19.1 Å². The molecule has 0 radical (unpaired) electrons. The van der Waals surface area contributed by atoms with Crippen molar-refractivity contribution in [2.24, 2.45) is 0 Å². The summed E-state index contributed by atoms with van der Waals surface area (Å²) in [7, 11) is 0. The van der Waals surface area contributed by atoms with Crippen LogP contribution in [0.25, 0.3) is 0 Å². The van der Waals surface area contributed by atoms with E-state index in [0.29, 0.717) is 18.7 Å². The molecule has 2 amide bonds. The Labute approximate surface area is 123 Å². The Kier molecular flexibility index (Phi) is 4.38. The minimum atomic E-state index is -0.806. The van der Waals surface area contributed by atoms with Crippen LogP contribution in [-0.2, 0) is 4.79 Å². The Morgan fingerprint density at radius 2 is 2.10 bits per heavy atom. The molecule has 20 heavy (non-hydrogen) atoms. The highest BCUT2D eigenvalue weighted by atomic mass is 32.2. The predicted molar refractivity (Wildman–Crippen MR) is 81.0 cm³/mol. The number of benzene rings is 1. The lowest BCUT2D eigenvalue weighted by molar-refractivity contribution is -0.133. The van der Waals surface area contributed by atoms with Crippen molar-refractivity contribution in [2.75, 3.05) is 18.8 Å². The summed E-state index contributed by atoms with van der Waals surface area (Å²) in [6.45, 7) is 6.69. The fraction of sp³-hybridized carbons (Fsp3) is 0.467. The van der Waals surface area contributed by atoms with Crippen LogP contribution in [0, 0.1) is 0 Å². The summed E-state index contributed by atoms with van der Waals surface area (Å²) in [4.78, 5) is 27.4. The van der Waals surface area contributed by atoms with Crippen molar-refractivity contribution >= 4 is 23.6 Å². The lowest BCUT2D eigenvalue weighted by Crippen LogP contribution is -2.63. The summed E-state index contributed by atoms with van der Waals surface area (Å²) in [6, 6.07) is 7.59. The fourth-order valence-corrected chi connectivity index (χ4v) is 3.12. The SMILES string of the molecule is CCSc1ccccc1C(=O)N1CCNC(=O)C1(C)C. The molecule has 0 bridgehead atoms. The van der Waals surface area contributed by atoms with Gasteiger partial charge >= 0.3 is 0 Å². The van der Waals surface area contributed by atoms with Gasteiger partial charge < -0.3 is 10.2 Å². The Hall–Kier alpha value is -1.49. The molecule has 1 N–H and O–H groups in total. The van der Waals surface area contributed by atoms with Crippen molar-refractivity contribution < 1.29 is 9.59 Å². The van der Waals surface area contributed by atoms with Crippen LogP contribution >= 0.6 is 11.8 Å². The Morgan fingerprint density at radius 3 is 2.80 bits per heavy atom. The van der Waals surface area contributed by atoms with Gasteiger partial charge in [0.05, 0.1) is 5.56 Å². The molecule has 108 valence electrons. The highest BCUT2D eigenvalue weighted by molar-refractivity contribution is 7.99. The number of piperazine rings is 1. The van der Waals surface area contributed by atoms with Gasteiger partial charge in [0.15, 0.2) is 0 Å². The van der Waals surface area contributed by atoms with Gasteiger partial charge in [0, 0.05) is 18.0 Å². The molecule has 0 saturated carbocycles. The van der Waals surface area contributed by atoms with Crippen LogP contribution in [0.4, 0.5) is 0 Å². The van der Waals surface area contributed by atoms with Crippen LogP contribution in [0.2, 0.25) is 0 Å². The summed E-state index contributed by atoms with van der Waals surface area (Å²) in [6.07, 6.45) is 0. The van der Waals surface area contributed by atoms with E-state index < -0.39 is 5.54 Å². The van der Waals surface area contributed by atoms with Crippen LogP contribution in [0.15, 0.2) is 29.2 Å². The van der Waals surface area contributed by atoms with Gasteiger partial charge in [0.1, 0.15) is 5.54 Å². The van der Waals surface area contributed by atoms with E-state index in [2.05, 4.69) is 12.2 Å². The number of carbonyl (C=O) groups excluding carboxylic acids is 2. The molecule has 1 fully saturated rings. The topological polar surface area (TPSA) is 49.4 Å². The molecular weight excluding hydrogens is 272 g/mol. The minimum absolute atomic E-state index is 0.0681. The van der Waals surface area contributed by atoms with E-state index in [1.165, 1.54) is 0 Å². The van der Waals surface area contributed by atoms with E-state index in [1.54, 1.807) is 30.5 Å². The highest BCUT2D eigenvalue weighted by Gasteiger charge is 2.41. The summed E-state index contributed by atoms with van der Waals surface area (Å²) in [5.74, 6) is 0.743. The summed E-state index contributed by atoms with van der Waals surface area (Å²) in [5.41, 5.74) is -0.124. The average molecular weight is 292 g/mol. The maximum Gasteiger partial charge on any atom is 0.255 e. The molecule has 1 aromatic carbocycles. The third kappa shape index (κ3) is 2.68. The van der Waals surface area contributed by atoms with E-state index in [-0.39, 0.29) is 11.8 Å². The molecule has 0 aromatic heterocycles. The lowest BCUT2D eigenvalue weighted by atomic mass is 9.97. The zero-order valence-electron chi connectivity index (χ0n) is 12.1. The summed E-state index contributed by atoms with van der Waals surface area (Å²) < 4.78 is 0. The summed E-state index contributed by atoms with van der Waals surface area (Å²) >= 11 is 1.65. The maximum atomic E-state index is 12.8. The first-order valence-electron chi connectivity index (χ1n) is 6.80. The first-order chi connectivity index (χ1) is 9.48. The van der Waals surface area contributed by atoms with Gasteiger partial charge in [-0.15, -0.1) is 11.8 Å². The van der Waals surface area contributed by atoms with Crippen molar-refractivity contribution in [3.8, 4) is 0 Å². The third-order valence-corrected chi connectivity index (χ3v) is 4.47. The Balaban J connectivity index is 2.33. The third-order valence-electron chi connectivity index (χ3n) is 3.51. The molecule has 1 saturated heterocycles. The average Bonchev–Trinajstić information content (AvgIpc) is 2.42. The lowest BCUT2D eigenvalue weighted by Gasteiger charge is -2.41. The zero-order chi connectivity index (χ0) is 14.8. The van der Waals surface area contributed by atoms with Crippen LogP contribution in [0.5, 0.6) is 0 Å². The van der Waals surface area contributed by atoms with Gasteiger partial charge in [0.25, 0.3) is 5.91 Å². The molecule has 0 atom stereocenters. The number of nitrogens with one attached hydrogen (secondary N) is 1. The predicted octanol–water partition coefficient (Wildman–Crippen LogP) is 2.15. The fourth-order valence-electron chi connectivity index (χ4n) is 2.33. The van der Waals surface area contributed by atoms with E-state index in [4.69, 9.17) is 0 Å². The van der Waals surface area contributed by atoms with Crippen LogP contribution in [0.3, 0.4) is 0 Å². The maximum absolute atomic E-state index is 12.8. The number of hydrogen-bond donors (Lipinski definition) is 1. The highest BCUT2D eigenvalue weighted by Crippen LogP contribution is 2.27. The number of thioether (sulfide) groups is 1. The van der Waals surface area contributed by atoms with E-state index >= 15 is 0 Å². The number of rotatable bonds is 3. The van der Waals surface area contributed by atoms with Crippen molar-refractivity contribution in [3.63, 3.8) is 0 Å². The van der Waals surface area contributed by atoms with Crippen LogP contribution in [-0.4, -0.2) is 41.1 Å². The monoisotopic (exact) mass is 292 g/mol. The Bertz CT molecular complexity index is 528. The molecule has 0 spiro atoms. The minimum Gasteiger partial charge on any atom is -0.352 e. The number of nitrogens with zero attached hydrogens (tertiary/aromatic N) is 1. The molecule has 4 nitrogen and oxygen atoms in total. The van der Waals surface area contributed by atoms with Crippen LogP contribution < -0.4 is 5.32 Å².